The molecule has 1 unspecified atom stereocenters. The molecule has 2 rings (SSSR count). The fraction of sp³-hybridized carbons (Fsp3) is 0.562. The zero-order chi connectivity index (χ0) is 13.8. The molecule has 0 bridgehead atoms. The van der Waals surface area contributed by atoms with Crippen LogP contribution in [-0.4, -0.2) is 17.6 Å². The van der Waals surface area contributed by atoms with E-state index in [9.17, 15) is 9.90 Å². The number of rotatable bonds is 6. The monoisotopic (exact) mass is 261 g/mol. The van der Waals surface area contributed by atoms with Crippen molar-refractivity contribution in [1.82, 2.24) is 5.32 Å². The van der Waals surface area contributed by atoms with Gasteiger partial charge in [-0.2, -0.15) is 0 Å². The molecule has 1 aromatic rings. The van der Waals surface area contributed by atoms with Gasteiger partial charge < -0.3 is 10.4 Å². The van der Waals surface area contributed by atoms with Gasteiger partial charge in [-0.05, 0) is 36.3 Å². The molecule has 3 nitrogen and oxygen atoms in total. The molecule has 3 heteroatoms. The van der Waals surface area contributed by atoms with Crippen LogP contribution < -0.4 is 5.32 Å². The molecule has 0 aliphatic heterocycles. The zero-order valence-electron chi connectivity index (χ0n) is 11.7. The van der Waals surface area contributed by atoms with Crippen molar-refractivity contribution in [3.8, 4) is 0 Å². The number of aliphatic hydroxyl groups is 1. The number of carbonyl (C=O) groups is 1. The maximum Gasteiger partial charge on any atom is 0.223 e. The first-order valence-electron chi connectivity index (χ1n) is 7.11. The van der Waals surface area contributed by atoms with Gasteiger partial charge in [-0.3, -0.25) is 4.79 Å². The Balaban J connectivity index is 1.84. The summed E-state index contributed by atoms with van der Waals surface area (Å²) in [4.78, 5) is 11.5. The number of nitrogens with one attached hydrogen (secondary N) is 1. The van der Waals surface area contributed by atoms with Gasteiger partial charge in [0, 0.05) is 12.5 Å². The molecule has 2 N–H and O–H groups in total. The topological polar surface area (TPSA) is 49.3 Å². The van der Waals surface area contributed by atoms with Gasteiger partial charge in [0.1, 0.15) is 0 Å². The van der Waals surface area contributed by atoms with Crippen LogP contribution in [0.3, 0.4) is 0 Å². The second kappa shape index (κ2) is 6.20. The third kappa shape index (κ3) is 4.35. The normalized spacial score (nSPS) is 16.4. The van der Waals surface area contributed by atoms with Crippen molar-refractivity contribution in [3.05, 3.63) is 35.4 Å². The Morgan fingerprint density at radius 3 is 2.47 bits per heavy atom. The van der Waals surface area contributed by atoms with Crippen molar-refractivity contribution in [2.75, 3.05) is 6.54 Å². The Labute approximate surface area is 115 Å². The molecule has 1 atom stereocenters. The standard InChI is InChI=1S/C16H23NO2/c1-11(2)9-12-3-5-13(6-4-12)15(18)10-17-16(19)14-7-8-14/h3-6,11,14-15,18H,7-10H2,1-2H3,(H,17,19). The van der Waals surface area contributed by atoms with E-state index in [0.717, 1.165) is 24.8 Å². The van der Waals surface area contributed by atoms with Crippen LogP contribution in [0.4, 0.5) is 0 Å². The Morgan fingerprint density at radius 1 is 1.32 bits per heavy atom. The predicted molar refractivity (Wildman–Crippen MR) is 75.7 cm³/mol. The fourth-order valence-electron chi connectivity index (χ4n) is 2.15. The molecule has 104 valence electrons. The highest BCUT2D eigenvalue weighted by Crippen LogP contribution is 2.28. The van der Waals surface area contributed by atoms with E-state index in [2.05, 4.69) is 31.3 Å². The van der Waals surface area contributed by atoms with E-state index in [4.69, 9.17) is 0 Å². The number of hydrogen-bond donors (Lipinski definition) is 2. The van der Waals surface area contributed by atoms with E-state index in [1.165, 1.54) is 5.56 Å². The first-order chi connectivity index (χ1) is 9.06. The minimum atomic E-state index is -0.615. The van der Waals surface area contributed by atoms with Crippen molar-refractivity contribution in [3.63, 3.8) is 0 Å². The minimum absolute atomic E-state index is 0.0791. The molecular weight excluding hydrogens is 238 g/mol. The highest BCUT2D eigenvalue weighted by Gasteiger charge is 2.29. The first kappa shape index (κ1) is 14.1. The molecule has 1 aromatic carbocycles. The summed E-state index contributed by atoms with van der Waals surface area (Å²) >= 11 is 0. The van der Waals surface area contributed by atoms with Crippen LogP contribution >= 0.6 is 0 Å². The summed E-state index contributed by atoms with van der Waals surface area (Å²) in [5, 5.41) is 12.8. The number of benzene rings is 1. The lowest BCUT2D eigenvalue weighted by molar-refractivity contribution is -0.122. The molecule has 1 saturated carbocycles. The largest absolute Gasteiger partial charge is 0.387 e. The Hall–Kier alpha value is -1.35. The molecule has 19 heavy (non-hydrogen) atoms. The van der Waals surface area contributed by atoms with Gasteiger partial charge in [0.15, 0.2) is 0 Å². The molecule has 0 heterocycles. The van der Waals surface area contributed by atoms with Gasteiger partial charge in [0.05, 0.1) is 6.10 Å². The Bertz CT molecular complexity index is 421. The van der Waals surface area contributed by atoms with Gasteiger partial charge >= 0.3 is 0 Å². The maximum absolute atomic E-state index is 11.5. The average molecular weight is 261 g/mol. The summed E-state index contributed by atoms with van der Waals surface area (Å²) in [6.07, 6.45) is 2.42. The molecule has 0 aromatic heterocycles. The van der Waals surface area contributed by atoms with Gasteiger partial charge in [0.25, 0.3) is 0 Å². The van der Waals surface area contributed by atoms with Crippen molar-refractivity contribution in [2.24, 2.45) is 11.8 Å². The van der Waals surface area contributed by atoms with Crippen molar-refractivity contribution in [1.29, 1.82) is 0 Å². The molecule has 0 saturated heterocycles. The van der Waals surface area contributed by atoms with Gasteiger partial charge in [-0.1, -0.05) is 38.1 Å². The van der Waals surface area contributed by atoms with Gasteiger partial charge in [0.2, 0.25) is 5.91 Å². The lowest BCUT2D eigenvalue weighted by Gasteiger charge is -2.13. The average Bonchev–Trinajstić information content (AvgIpc) is 3.20. The van der Waals surface area contributed by atoms with Gasteiger partial charge in [-0.15, -0.1) is 0 Å². The van der Waals surface area contributed by atoms with Crippen LogP contribution in [0.5, 0.6) is 0 Å². The van der Waals surface area contributed by atoms with Crippen molar-refractivity contribution < 1.29 is 9.90 Å². The zero-order valence-corrected chi connectivity index (χ0v) is 11.7. The molecular formula is C16H23NO2. The summed E-state index contributed by atoms with van der Waals surface area (Å²) in [5.41, 5.74) is 2.15. The van der Waals surface area contributed by atoms with E-state index in [1.807, 2.05) is 12.1 Å². The Morgan fingerprint density at radius 2 is 1.95 bits per heavy atom. The van der Waals surface area contributed by atoms with Crippen LogP contribution in [0.15, 0.2) is 24.3 Å². The van der Waals surface area contributed by atoms with Crippen LogP contribution in [0, 0.1) is 11.8 Å². The Kier molecular flexibility index (Phi) is 4.59. The van der Waals surface area contributed by atoms with E-state index in [0.29, 0.717) is 12.5 Å². The van der Waals surface area contributed by atoms with E-state index >= 15 is 0 Å². The van der Waals surface area contributed by atoms with Crippen molar-refractivity contribution in [2.45, 2.75) is 39.2 Å². The lowest BCUT2D eigenvalue weighted by Crippen LogP contribution is -2.29. The fourth-order valence-corrected chi connectivity index (χ4v) is 2.15. The number of carbonyl (C=O) groups excluding carboxylic acids is 1. The summed E-state index contributed by atoms with van der Waals surface area (Å²) in [6, 6.07) is 8.01. The van der Waals surface area contributed by atoms with E-state index in [1.54, 1.807) is 0 Å². The lowest BCUT2D eigenvalue weighted by atomic mass is 10.0. The molecule has 1 fully saturated rings. The first-order valence-corrected chi connectivity index (χ1v) is 7.11. The van der Waals surface area contributed by atoms with Gasteiger partial charge in [-0.25, -0.2) is 0 Å². The molecule has 1 amide bonds. The van der Waals surface area contributed by atoms with Crippen molar-refractivity contribution >= 4 is 5.91 Å². The number of hydrogen-bond acceptors (Lipinski definition) is 2. The van der Waals surface area contributed by atoms with E-state index in [-0.39, 0.29) is 11.8 Å². The maximum atomic E-state index is 11.5. The minimum Gasteiger partial charge on any atom is -0.387 e. The van der Waals surface area contributed by atoms with Crippen LogP contribution in [-0.2, 0) is 11.2 Å². The molecule has 1 aliphatic carbocycles. The quantitative estimate of drug-likeness (QED) is 0.826. The second-order valence-corrected chi connectivity index (χ2v) is 5.87. The summed E-state index contributed by atoms with van der Waals surface area (Å²) in [7, 11) is 0. The number of amides is 1. The number of aliphatic hydroxyl groups excluding tert-OH is 1. The van der Waals surface area contributed by atoms with Crippen LogP contribution in [0.2, 0.25) is 0 Å². The summed E-state index contributed by atoms with van der Waals surface area (Å²) in [5.74, 6) is 0.907. The smallest absolute Gasteiger partial charge is 0.223 e. The molecule has 0 radical (unpaired) electrons. The second-order valence-electron chi connectivity index (χ2n) is 5.87. The van der Waals surface area contributed by atoms with E-state index < -0.39 is 6.10 Å². The highest BCUT2D eigenvalue weighted by molar-refractivity contribution is 5.80. The third-order valence-electron chi connectivity index (χ3n) is 3.43. The highest BCUT2D eigenvalue weighted by atomic mass is 16.3. The molecule has 0 spiro atoms. The summed E-state index contributed by atoms with van der Waals surface area (Å²) < 4.78 is 0. The third-order valence-corrected chi connectivity index (χ3v) is 3.43. The SMILES string of the molecule is CC(C)Cc1ccc(C(O)CNC(=O)C2CC2)cc1. The predicted octanol–water partition coefficient (Wildman–Crippen LogP) is 2.44. The molecule has 1 aliphatic rings. The van der Waals surface area contributed by atoms with Crippen LogP contribution in [0.1, 0.15) is 43.9 Å². The summed E-state index contributed by atoms with van der Waals surface area (Å²) in [6.45, 7) is 4.69. The van der Waals surface area contributed by atoms with Crippen LogP contribution in [0.25, 0.3) is 0 Å².